The molecule has 0 amide bonds. The summed E-state index contributed by atoms with van der Waals surface area (Å²) in [5.41, 5.74) is 2.26. The standard InChI is InChI=1S/C9H12ClNO/c1-7-8(3-4-12-2)5-11-6-9(7)10/h5-6H,3-4H2,1-2H3. The maximum absolute atomic E-state index is 5.89. The summed E-state index contributed by atoms with van der Waals surface area (Å²) in [4.78, 5) is 4.01. The highest BCUT2D eigenvalue weighted by Crippen LogP contribution is 2.17. The number of hydrogen-bond acceptors (Lipinski definition) is 2. The Kier molecular flexibility index (Phi) is 3.50. The highest BCUT2D eigenvalue weighted by molar-refractivity contribution is 6.31. The normalized spacial score (nSPS) is 10.2. The quantitative estimate of drug-likeness (QED) is 0.721. The summed E-state index contributed by atoms with van der Waals surface area (Å²) in [5, 5.41) is 0.726. The van der Waals surface area contributed by atoms with Gasteiger partial charge in [-0.3, -0.25) is 4.98 Å². The monoisotopic (exact) mass is 185 g/mol. The molecule has 1 aromatic heterocycles. The van der Waals surface area contributed by atoms with E-state index in [1.807, 2.05) is 13.1 Å². The van der Waals surface area contributed by atoms with Gasteiger partial charge in [0.2, 0.25) is 0 Å². The predicted octanol–water partition coefficient (Wildman–Crippen LogP) is 2.23. The zero-order valence-corrected chi connectivity index (χ0v) is 8.06. The van der Waals surface area contributed by atoms with Crippen LogP contribution in [0.3, 0.4) is 0 Å². The minimum Gasteiger partial charge on any atom is -0.384 e. The van der Waals surface area contributed by atoms with E-state index in [-0.39, 0.29) is 0 Å². The van der Waals surface area contributed by atoms with Crippen molar-refractivity contribution < 1.29 is 4.74 Å². The average Bonchev–Trinajstić information content (AvgIpc) is 2.08. The molecule has 1 aromatic rings. The van der Waals surface area contributed by atoms with E-state index in [1.165, 1.54) is 0 Å². The van der Waals surface area contributed by atoms with E-state index in [2.05, 4.69) is 4.98 Å². The third-order valence-corrected chi connectivity index (χ3v) is 2.21. The lowest BCUT2D eigenvalue weighted by atomic mass is 10.1. The first-order valence-corrected chi connectivity index (χ1v) is 4.21. The number of halogens is 1. The minimum atomic E-state index is 0.711. The van der Waals surface area contributed by atoms with E-state index in [0.717, 1.165) is 22.6 Å². The highest BCUT2D eigenvalue weighted by Gasteiger charge is 2.01. The van der Waals surface area contributed by atoms with Gasteiger partial charge >= 0.3 is 0 Å². The number of hydrogen-bond donors (Lipinski definition) is 0. The number of methoxy groups -OCH3 is 1. The molecule has 0 radical (unpaired) electrons. The Balaban J connectivity index is 2.78. The molecule has 0 fully saturated rings. The molecule has 0 aliphatic carbocycles. The van der Waals surface area contributed by atoms with Crippen molar-refractivity contribution in [3.63, 3.8) is 0 Å². The van der Waals surface area contributed by atoms with Gasteiger partial charge in [-0.05, 0) is 24.5 Å². The number of ether oxygens (including phenoxy) is 1. The van der Waals surface area contributed by atoms with Crippen molar-refractivity contribution in [2.24, 2.45) is 0 Å². The first-order chi connectivity index (χ1) is 5.75. The average molecular weight is 186 g/mol. The molecule has 0 spiro atoms. The molecule has 3 heteroatoms. The third-order valence-electron chi connectivity index (χ3n) is 1.83. The Hall–Kier alpha value is -0.600. The Morgan fingerprint density at radius 3 is 2.92 bits per heavy atom. The van der Waals surface area contributed by atoms with E-state index in [0.29, 0.717) is 6.61 Å². The van der Waals surface area contributed by atoms with Crippen molar-refractivity contribution in [3.8, 4) is 0 Å². The number of aromatic nitrogens is 1. The summed E-state index contributed by atoms with van der Waals surface area (Å²) in [6.45, 7) is 2.71. The number of nitrogens with zero attached hydrogens (tertiary/aromatic N) is 1. The molecule has 0 saturated heterocycles. The molecule has 0 atom stereocenters. The topological polar surface area (TPSA) is 22.1 Å². The zero-order chi connectivity index (χ0) is 8.97. The van der Waals surface area contributed by atoms with Crippen LogP contribution in [0, 0.1) is 6.92 Å². The van der Waals surface area contributed by atoms with Gasteiger partial charge in [-0.2, -0.15) is 0 Å². The zero-order valence-electron chi connectivity index (χ0n) is 7.30. The third kappa shape index (κ3) is 2.19. The molecule has 0 N–H and O–H groups in total. The fourth-order valence-corrected chi connectivity index (χ4v) is 1.18. The number of rotatable bonds is 3. The lowest BCUT2D eigenvalue weighted by Gasteiger charge is -2.04. The largest absolute Gasteiger partial charge is 0.384 e. The first kappa shape index (κ1) is 9.49. The predicted molar refractivity (Wildman–Crippen MR) is 49.6 cm³/mol. The van der Waals surface area contributed by atoms with E-state index in [4.69, 9.17) is 16.3 Å². The Morgan fingerprint density at radius 1 is 1.50 bits per heavy atom. The summed E-state index contributed by atoms with van der Waals surface area (Å²) < 4.78 is 4.97. The van der Waals surface area contributed by atoms with Crippen molar-refractivity contribution in [1.29, 1.82) is 0 Å². The van der Waals surface area contributed by atoms with E-state index < -0.39 is 0 Å². The molecule has 12 heavy (non-hydrogen) atoms. The van der Waals surface area contributed by atoms with Crippen LogP contribution in [-0.4, -0.2) is 18.7 Å². The summed E-state index contributed by atoms with van der Waals surface area (Å²) >= 11 is 5.89. The van der Waals surface area contributed by atoms with Gasteiger partial charge < -0.3 is 4.74 Å². The van der Waals surface area contributed by atoms with Crippen LogP contribution in [0.5, 0.6) is 0 Å². The summed E-state index contributed by atoms with van der Waals surface area (Å²) in [5.74, 6) is 0. The molecule has 66 valence electrons. The van der Waals surface area contributed by atoms with Gasteiger partial charge in [-0.1, -0.05) is 11.6 Å². The van der Waals surface area contributed by atoms with Crippen LogP contribution in [0.4, 0.5) is 0 Å². The molecule has 1 heterocycles. The second-order valence-corrected chi connectivity index (χ2v) is 3.06. The van der Waals surface area contributed by atoms with Crippen LogP contribution in [-0.2, 0) is 11.2 Å². The lowest BCUT2D eigenvalue weighted by Crippen LogP contribution is -1.98. The highest BCUT2D eigenvalue weighted by atomic mass is 35.5. The van der Waals surface area contributed by atoms with Crippen molar-refractivity contribution in [3.05, 3.63) is 28.5 Å². The Bertz CT molecular complexity index is 263. The van der Waals surface area contributed by atoms with Gasteiger partial charge in [0, 0.05) is 19.5 Å². The van der Waals surface area contributed by atoms with Gasteiger partial charge in [0.05, 0.1) is 11.6 Å². The van der Waals surface area contributed by atoms with Gasteiger partial charge in [-0.25, -0.2) is 0 Å². The Morgan fingerprint density at radius 2 is 2.25 bits per heavy atom. The van der Waals surface area contributed by atoms with Gasteiger partial charge in [0.15, 0.2) is 0 Å². The second kappa shape index (κ2) is 4.43. The van der Waals surface area contributed by atoms with Crippen LogP contribution in [0.25, 0.3) is 0 Å². The van der Waals surface area contributed by atoms with Gasteiger partial charge in [0.25, 0.3) is 0 Å². The Labute approximate surface area is 77.5 Å². The summed E-state index contributed by atoms with van der Waals surface area (Å²) in [7, 11) is 1.69. The SMILES string of the molecule is COCCc1cncc(Cl)c1C. The molecule has 0 saturated carbocycles. The molecule has 0 aliphatic rings. The van der Waals surface area contributed by atoms with Gasteiger partial charge in [-0.15, -0.1) is 0 Å². The van der Waals surface area contributed by atoms with Crippen molar-refractivity contribution in [1.82, 2.24) is 4.98 Å². The van der Waals surface area contributed by atoms with Crippen molar-refractivity contribution in [2.75, 3.05) is 13.7 Å². The maximum Gasteiger partial charge on any atom is 0.0621 e. The first-order valence-electron chi connectivity index (χ1n) is 3.83. The van der Waals surface area contributed by atoms with Crippen LogP contribution in [0.1, 0.15) is 11.1 Å². The molecule has 0 unspecified atom stereocenters. The molecule has 2 nitrogen and oxygen atoms in total. The van der Waals surface area contributed by atoms with Crippen molar-refractivity contribution >= 4 is 11.6 Å². The van der Waals surface area contributed by atoms with Crippen LogP contribution in [0.15, 0.2) is 12.4 Å². The molecule has 0 aromatic carbocycles. The van der Waals surface area contributed by atoms with E-state index in [1.54, 1.807) is 13.3 Å². The van der Waals surface area contributed by atoms with Crippen LogP contribution < -0.4 is 0 Å². The number of pyridine rings is 1. The smallest absolute Gasteiger partial charge is 0.0621 e. The fraction of sp³-hybridized carbons (Fsp3) is 0.444. The molecular formula is C9H12ClNO. The minimum absolute atomic E-state index is 0.711. The maximum atomic E-state index is 5.89. The molecular weight excluding hydrogens is 174 g/mol. The molecule has 1 rings (SSSR count). The van der Waals surface area contributed by atoms with Crippen LogP contribution >= 0.6 is 11.6 Å². The van der Waals surface area contributed by atoms with Crippen molar-refractivity contribution in [2.45, 2.75) is 13.3 Å². The fourth-order valence-electron chi connectivity index (χ4n) is 1.00. The van der Waals surface area contributed by atoms with Gasteiger partial charge in [0.1, 0.15) is 0 Å². The van der Waals surface area contributed by atoms with Crippen LogP contribution in [0.2, 0.25) is 5.02 Å². The van der Waals surface area contributed by atoms with E-state index >= 15 is 0 Å². The van der Waals surface area contributed by atoms with E-state index in [9.17, 15) is 0 Å². The molecule has 0 aliphatic heterocycles. The second-order valence-electron chi connectivity index (χ2n) is 2.65. The lowest BCUT2D eigenvalue weighted by molar-refractivity contribution is 0.202. The molecule has 0 bridgehead atoms. The summed E-state index contributed by atoms with van der Waals surface area (Å²) in [6, 6.07) is 0. The summed E-state index contributed by atoms with van der Waals surface area (Å²) in [6.07, 6.45) is 4.36.